The third kappa shape index (κ3) is 2.48. The number of anilines is 1. The van der Waals surface area contributed by atoms with Gasteiger partial charge in [0.1, 0.15) is 11.5 Å². The normalized spacial score (nSPS) is 13.0. The Balaban J connectivity index is 2.02. The van der Waals surface area contributed by atoms with E-state index in [0.29, 0.717) is 5.70 Å². The number of nitrogens with one attached hydrogen (secondary N) is 1. The minimum atomic E-state index is -0.497. The molecule has 0 bridgehead atoms. The quantitative estimate of drug-likeness (QED) is 0.862. The monoisotopic (exact) mass is 296 g/mol. The van der Waals surface area contributed by atoms with Gasteiger partial charge in [-0.25, -0.2) is 14.2 Å². The minimum absolute atomic E-state index is 0.222. The van der Waals surface area contributed by atoms with Crippen molar-refractivity contribution in [2.24, 2.45) is 0 Å². The van der Waals surface area contributed by atoms with Gasteiger partial charge in [-0.05, 0) is 29.8 Å². The van der Waals surface area contributed by atoms with Crippen LogP contribution in [0.5, 0.6) is 0 Å². The number of halogens is 1. The van der Waals surface area contributed by atoms with Crippen LogP contribution in [-0.4, -0.2) is 18.1 Å². The van der Waals surface area contributed by atoms with Gasteiger partial charge in [0.05, 0.1) is 7.11 Å². The first-order valence-electron chi connectivity index (χ1n) is 6.61. The molecule has 3 rings (SSSR count). The van der Waals surface area contributed by atoms with Crippen LogP contribution in [0.25, 0.3) is 11.6 Å². The van der Waals surface area contributed by atoms with E-state index in [1.54, 1.807) is 24.4 Å². The molecule has 1 aliphatic heterocycles. The molecule has 2 aromatic rings. The van der Waals surface area contributed by atoms with Crippen molar-refractivity contribution in [3.63, 3.8) is 0 Å². The summed E-state index contributed by atoms with van der Waals surface area (Å²) in [5.74, 6) is -0.785. The second-order valence-corrected chi connectivity index (χ2v) is 4.82. The van der Waals surface area contributed by atoms with Crippen LogP contribution in [0, 0.1) is 5.82 Å². The summed E-state index contributed by atoms with van der Waals surface area (Å²) in [6, 6.07) is 7.80. The molecule has 0 spiro atoms. The average molecular weight is 296 g/mol. The minimum Gasteiger partial charge on any atom is -0.464 e. The summed E-state index contributed by atoms with van der Waals surface area (Å²) in [4.78, 5) is 15.6. The standard InChI is InChI=1S/C17H13FN2O2/c1-10-14(11-3-5-13(18)6-4-11)7-12-9-19-16(17(21)22-2)8-15(12)20-10/h3-9,20H,1H2,2H3. The highest BCUT2D eigenvalue weighted by Gasteiger charge is 2.17. The van der Waals surface area contributed by atoms with Gasteiger partial charge < -0.3 is 10.1 Å². The van der Waals surface area contributed by atoms with Crippen molar-refractivity contribution in [3.05, 3.63) is 71.4 Å². The first-order chi connectivity index (χ1) is 10.6. The fourth-order valence-electron chi connectivity index (χ4n) is 2.26. The first kappa shape index (κ1) is 14.0. The van der Waals surface area contributed by atoms with Crippen LogP contribution in [0.3, 0.4) is 0 Å². The Hall–Kier alpha value is -2.95. The molecule has 0 radical (unpaired) electrons. The number of hydrogen-bond donors (Lipinski definition) is 1. The Labute approximate surface area is 127 Å². The molecule has 1 aliphatic rings. The third-order valence-corrected chi connectivity index (χ3v) is 3.40. The fourth-order valence-corrected chi connectivity index (χ4v) is 2.26. The maximum absolute atomic E-state index is 13.0. The molecular weight excluding hydrogens is 283 g/mol. The van der Waals surface area contributed by atoms with E-state index in [2.05, 4.69) is 21.6 Å². The van der Waals surface area contributed by atoms with E-state index in [0.717, 1.165) is 22.4 Å². The number of methoxy groups -OCH3 is 1. The van der Waals surface area contributed by atoms with Gasteiger partial charge in [-0.1, -0.05) is 18.7 Å². The highest BCUT2D eigenvalue weighted by molar-refractivity contribution is 5.99. The number of pyridine rings is 1. The van der Waals surface area contributed by atoms with Gasteiger partial charge in [0, 0.05) is 28.7 Å². The summed E-state index contributed by atoms with van der Waals surface area (Å²) in [6.45, 7) is 3.98. The van der Waals surface area contributed by atoms with E-state index in [4.69, 9.17) is 0 Å². The van der Waals surface area contributed by atoms with Crippen LogP contribution in [0.15, 0.2) is 48.8 Å². The predicted molar refractivity (Wildman–Crippen MR) is 82.6 cm³/mol. The molecule has 4 nitrogen and oxygen atoms in total. The lowest BCUT2D eigenvalue weighted by Crippen LogP contribution is -2.11. The summed E-state index contributed by atoms with van der Waals surface area (Å²) < 4.78 is 17.7. The number of rotatable bonds is 2. The Morgan fingerprint density at radius 1 is 1.32 bits per heavy atom. The number of benzene rings is 1. The van der Waals surface area contributed by atoms with Crippen molar-refractivity contribution in [2.45, 2.75) is 0 Å². The van der Waals surface area contributed by atoms with Crippen LogP contribution in [0.4, 0.5) is 10.1 Å². The Kier molecular flexibility index (Phi) is 3.47. The third-order valence-electron chi connectivity index (χ3n) is 3.40. The number of fused-ring (bicyclic) bond motifs is 1. The molecule has 1 aromatic heterocycles. The number of carbonyl (C=O) groups excluding carboxylic acids is 1. The highest BCUT2D eigenvalue weighted by Crippen LogP contribution is 2.33. The van der Waals surface area contributed by atoms with Gasteiger partial charge >= 0.3 is 5.97 Å². The van der Waals surface area contributed by atoms with E-state index in [1.807, 2.05) is 6.08 Å². The molecule has 110 valence electrons. The Morgan fingerprint density at radius 2 is 2.05 bits per heavy atom. The molecule has 5 heteroatoms. The molecule has 0 atom stereocenters. The largest absolute Gasteiger partial charge is 0.464 e. The second kappa shape index (κ2) is 5.44. The summed E-state index contributed by atoms with van der Waals surface area (Å²) >= 11 is 0. The van der Waals surface area contributed by atoms with Crippen LogP contribution in [0.1, 0.15) is 21.6 Å². The van der Waals surface area contributed by atoms with Crippen LogP contribution < -0.4 is 5.32 Å². The van der Waals surface area contributed by atoms with E-state index in [9.17, 15) is 9.18 Å². The molecule has 0 unspecified atom stereocenters. The highest BCUT2D eigenvalue weighted by atomic mass is 19.1. The molecule has 1 aromatic carbocycles. The van der Waals surface area contributed by atoms with Crippen molar-refractivity contribution in [1.82, 2.24) is 4.98 Å². The van der Waals surface area contributed by atoms with E-state index in [1.165, 1.54) is 19.2 Å². The zero-order valence-corrected chi connectivity index (χ0v) is 11.9. The van der Waals surface area contributed by atoms with Crippen LogP contribution in [-0.2, 0) is 4.74 Å². The van der Waals surface area contributed by atoms with Gasteiger partial charge in [0.25, 0.3) is 0 Å². The molecule has 0 saturated carbocycles. The number of esters is 1. The number of ether oxygens (including phenoxy) is 1. The van der Waals surface area contributed by atoms with E-state index < -0.39 is 5.97 Å². The van der Waals surface area contributed by atoms with Gasteiger partial charge in [-0.2, -0.15) is 0 Å². The smallest absolute Gasteiger partial charge is 0.356 e. The lowest BCUT2D eigenvalue weighted by atomic mass is 9.97. The predicted octanol–water partition coefficient (Wildman–Crippen LogP) is 3.49. The Morgan fingerprint density at radius 3 is 2.73 bits per heavy atom. The number of nitrogens with zero attached hydrogens (tertiary/aromatic N) is 1. The van der Waals surface area contributed by atoms with Crippen LogP contribution in [0.2, 0.25) is 0 Å². The molecule has 0 aliphatic carbocycles. The van der Waals surface area contributed by atoms with Crippen LogP contribution >= 0.6 is 0 Å². The van der Waals surface area contributed by atoms with Crippen molar-refractivity contribution < 1.29 is 13.9 Å². The molecule has 0 saturated heterocycles. The summed E-state index contributed by atoms with van der Waals surface area (Å²) in [5, 5.41) is 3.14. The van der Waals surface area contributed by atoms with Gasteiger partial charge in [-0.15, -0.1) is 0 Å². The Bertz CT molecular complexity index is 795. The molecular formula is C17H13FN2O2. The second-order valence-electron chi connectivity index (χ2n) is 4.82. The van der Waals surface area contributed by atoms with Gasteiger partial charge in [-0.3, -0.25) is 0 Å². The fraction of sp³-hybridized carbons (Fsp3) is 0.0588. The first-order valence-corrected chi connectivity index (χ1v) is 6.61. The molecule has 1 N–H and O–H groups in total. The van der Waals surface area contributed by atoms with Gasteiger partial charge in [0.15, 0.2) is 0 Å². The number of aromatic nitrogens is 1. The average Bonchev–Trinajstić information content (AvgIpc) is 2.54. The van der Waals surface area contributed by atoms with Crippen molar-refractivity contribution in [3.8, 4) is 0 Å². The number of hydrogen-bond acceptors (Lipinski definition) is 4. The molecule has 0 amide bonds. The number of allylic oxidation sites excluding steroid dienone is 1. The topological polar surface area (TPSA) is 51.2 Å². The van der Waals surface area contributed by atoms with E-state index in [-0.39, 0.29) is 11.5 Å². The molecule has 0 fully saturated rings. The summed E-state index contributed by atoms with van der Waals surface area (Å²) in [6.07, 6.45) is 3.49. The van der Waals surface area contributed by atoms with Gasteiger partial charge in [0.2, 0.25) is 0 Å². The van der Waals surface area contributed by atoms with Crippen molar-refractivity contribution >= 4 is 23.3 Å². The van der Waals surface area contributed by atoms with E-state index >= 15 is 0 Å². The number of carbonyl (C=O) groups is 1. The maximum Gasteiger partial charge on any atom is 0.356 e. The zero-order chi connectivity index (χ0) is 15.7. The lowest BCUT2D eigenvalue weighted by Gasteiger charge is -2.21. The van der Waals surface area contributed by atoms with Crippen molar-refractivity contribution in [1.29, 1.82) is 0 Å². The SMILES string of the molecule is C=C1Nc2cc(C(=O)OC)ncc2C=C1c1ccc(F)cc1. The van der Waals surface area contributed by atoms with Crippen molar-refractivity contribution in [2.75, 3.05) is 12.4 Å². The summed E-state index contributed by atoms with van der Waals surface area (Å²) in [5.41, 5.74) is 4.13. The molecule has 22 heavy (non-hydrogen) atoms. The molecule has 2 heterocycles. The lowest BCUT2D eigenvalue weighted by molar-refractivity contribution is 0.0594. The zero-order valence-electron chi connectivity index (χ0n) is 11.9. The maximum atomic E-state index is 13.0. The summed E-state index contributed by atoms with van der Waals surface area (Å²) in [7, 11) is 1.31.